The Morgan fingerprint density at radius 3 is 3.12 bits per heavy atom. The molecular formula is C18H20N4O3S. The van der Waals surface area contributed by atoms with E-state index in [4.69, 9.17) is 8.94 Å². The molecule has 3 aromatic heterocycles. The Hall–Kier alpha value is -2.45. The number of nitrogens with zero attached hydrogens (tertiary/aromatic N) is 3. The van der Waals surface area contributed by atoms with E-state index in [1.807, 2.05) is 29.6 Å². The van der Waals surface area contributed by atoms with Gasteiger partial charge in [0.05, 0.1) is 30.3 Å². The fourth-order valence-corrected chi connectivity index (χ4v) is 3.82. The molecule has 1 saturated heterocycles. The van der Waals surface area contributed by atoms with Crippen molar-refractivity contribution in [3.8, 4) is 10.7 Å². The molecule has 0 aliphatic carbocycles. The lowest BCUT2D eigenvalue weighted by Crippen LogP contribution is -2.41. The van der Waals surface area contributed by atoms with Gasteiger partial charge in [-0.25, -0.2) is 0 Å². The lowest BCUT2D eigenvalue weighted by molar-refractivity contribution is -0.123. The van der Waals surface area contributed by atoms with Gasteiger partial charge >= 0.3 is 0 Å². The van der Waals surface area contributed by atoms with Gasteiger partial charge in [-0.1, -0.05) is 17.6 Å². The molecule has 26 heavy (non-hydrogen) atoms. The number of hydrogen-bond acceptors (Lipinski definition) is 7. The van der Waals surface area contributed by atoms with Gasteiger partial charge in [0.15, 0.2) is 0 Å². The van der Waals surface area contributed by atoms with Gasteiger partial charge < -0.3 is 14.3 Å². The van der Waals surface area contributed by atoms with Gasteiger partial charge in [0.2, 0.25) is 17.6 Å². The van der Waals surface area contributed by atoms with Crippen LogP contribution >= 0.6 is 11.3 Å². The van der Waals surface area contributed by atoms with Crippen LogP contribution in [0.5, 0.6) is 0 Å². The van der Waals surface area contributed by atoms with E-state index in [-0.39, 0.29) is 11.9 Å². The van der Waals surface area contributed by atoms with Gasteiger partial charge in [0.25, 0.3) is 0 Å². The smallest absolute Gasteiger partial charge is 0.244 e. The summed E-state index contributed by atoms with van der Waals surface area (Å²) in [6.07, 6.45) is 4.67. The second kappa shape index (κ2) is 7.84. The third-order valence-corrected chi connectivity index (χ3v) is 5.33. The van der Waals surface area contributed by atoms with Crippen molar-refractivity contribution >= 4 is 17.2 Å². The highest BCUT2D eigenvalue weighted by molar-refractivity contribution is 7.13. The first-order chi connectivity index (χ1) is 12.8. The molecule has 0 unspecified atom stereocenters. The number of furan rings is 1. The normalized spacial score (nSPS) is 18.1. The monoisotopic (exact) mass is 372 g/mol. The average Bonchev–Trinajstić information content (AvgIpc) is 3.42. The zero-order valence-electron chi connectivity index (χ0n) is 14.3. The standard InChI is InChI=1S/C18H20N4O3S/c23-16(19-11-13-5-3-9-24-13)12-22-8-2-1-6-14(22)18-20-17(21-25-18)15-7-4-10-26-15/h3-5,7,9-10,14H,1-2,6,8,11-12H2,(H,19,23)/t14-/m1/s1. The molecular weight excluding hydrogens is 352 g/mol. The number of thiophene rings is 1. The van der Waals surface area contributed by atoms with Crippen molar-refractivity contribution in [1.29, 1.82) is 0 Å². The summed E-state index contributed by atoms with van der Waals surface area (Å²) in [6, 6.07) is 7.57. The van der Waals surface area contributed by atoms with Crippen molar-refractivity contribution in [1.82, 2.24) is 20.4 Å². The maximum Gasteiger partial charge on any atom is 0.244 e. The van der Waals surface area contributed by atoms with Crippen LogP contribution < -0.4 is 5.32 Å². The zero-order chi connectivity index (χ0) is 17.8. The number of aromatic nitrogens is 2. The minimum Gasteiger partial charge on any atom is -0.467 e. The molecule has 0 radical (unpaired) electrons. The summed E-state index contributed by atoms with van der Waals surface area (Å²) >= 11 is 1.58. The highest BCUT2D eigenvalue weighted by Crippen LogP contribution is 2.31. The third kappa shape index (κ3) is 3.86. The van der Waals surface area contributed by atoms with Crippen LogP contribution in [0.2, 0.25) is 0 Å². The van der Waals surface area contributed by atoms with Crippen molar-refractivity contribution in [2.75, 3.05) is 13.1 Å². The van der Waals surface area contributed by atoms with Crippen molar-refractivity contribution in [3.05, 3.63) is 47.6 Å². The summed E-state index contributed by atoms with van der Waals surface area (Å²) in [6.45, 7) is 1.55. The van der Waals surface area contributed by atoms with Crippen LogP contribution in [0.25, 0.3) is 10.7 Å². The Labute approximate surface area is 155 Å². The van der Waals surface area contributed by atoms with E-state index in [1.54, 1.807) is 17.6 Å². The van der Waals surface area contributed by atoms with Crippen molar-refractivity contribution in [2.24, 2.45) is 0 Å². The Bertz CT molecular complexity index is 829. The molecule has 0 spiro atoms. The molecule has 1 aliphatic rings. The van der Waals surface area contributed by atoms with Gasteiger partial charge in [0, 0.05) is 0 Å². The van der Waals surface area contributed by atoms with Crippen LogP contribution in [0.3, 0.4) is 0 Å². The van der Waals surface area contributed by atoms with Gasteiger partial charge in [-0.2, -0.15) is 4.98 Å². The summed E-state index contributed by atoms with van der Waals surface area (Å²) < 4.78 is 10.8. The minimum absolute atomic E-state index is 0.0145. The topological polar surface area (TPSA) is 84.4 Å². The summed E-state index contributed by atoms with van der Waals surface area (Å²) in [4.78, 5) is 20.0. The Balaban J connectivity index is 1.40. The summed E-state index contributed by atoms with van der Waals surface area (Å²) in [5.74, 6) is 1.91. The van der Waals surface area contributed by atoms with E-state index < -0.39 is 0 Å². The average molecular weight is 372 g/mol. The predicted molar refractivity (Wildman–Crippen MR) is 96.3 cm³/mol. The molecule has 1 aliphatic heterocycles. The van der Waals surface area contributed by atoms with Crippen LogP contribution in [0, 0.1) is 0 Å². The third-order valence-electron chi connectivity index (χ3n) is 4.47. The second-order valence-electron chi connectivity index (χ2n) is 6.27. The van der Waals surface area contributed by atoms with Gasteiger partial charge in [-0.3, -0.25) is 9.69 Å². The second-order valence-corrected chi connectivity index (χ2v) is 7.22. The first-order valence-electron chi connectivity index (χ1n) is 8.70. The van der Waals surface area contributed by atoms with Crippen molar-refractivity contribution < 1.29 is 13.7 Å². The first kappa shape index (κ1) is 17.0. The molecule has 1 N–H and O–H groups in total. The first-order valence-corrected chi connectivity index (χ1v) is 9.58. The van der Waals surface area contributed by atoms with E-state index in [0.717, 1.165) is 36.4 Å². The zero-order valence-corrected chi connectivity index (χ0v) is 15.1. The molecule has 1 atom stereocenters. The number of piperidine rings is 1. The molecule has 4 heterocycles. The van der Waals surface area contributed by atoms with Crippen LogP contribution in [0.1, 0.15) is 37.0 Å². The number of amides is 1. The predicted octanol–water partition coefficient (Wildman–Crippen LogP) is 3.23. The fourth-order valence-electron chi connectivity index (χ4n) is 3.18. The number of nitrogens with one attached hydrogen (secondary N) is 1. The summed E-state index contributed by atoms with van der Waals surface area (Å²) in [5, 5.41) is 8.98. The molecule has 0 bridgehead atoms. The SMILES string of the molecule is O=C(CN1CCCC[C@@H]1c1nc(-c2cccs2)no1)NCc1ccco1. The molecule has 136 valence electrons. The van der Waals surface area contributed by atoms with E-state index in [0.29, 0.717) is 24.8 Å². The highest BCUT2D eigenvalue weighted by atomic mass is 32.1. The number of carbonyl (C=O) groups excluding carboxylic acids is 1. The van der Waals surface area contributed by atoms with Crippen LogP contribution in [0.15, 0.2) is 44.8 Å². The highest BCUT2D eigenvalue weighted by Gasteiger charge is 2.30. The Morgan fingerprint density at radius 1 is 1.35 bits per heavy atom. The minimum atomic E-state index is -0.0358. The summed E-state index contributed by atoms with van der Waals surface area (Å²) in [7, 11) is 0. The maximum absolute atomic E-state index is 12.3. The number of likely N-dealkylation sites (tertiary alicyclic amines) is 1. The van der Waals surface area contributed by atoms with E-state index in [9.17, 15) is 4.79 Å². The molecule has 4 rings (SSSR count). The van der Waals surface area contributed by atoms with E-state index >= 15 is 0 Å². The van der Waals surface area contributed by atoms with Crippen molar-refractivity contribution in [2.45, 2.75) is 31.8 Å². The quantitative estimate of drug-likeness (QED) is 0.715. The Kier molecular flexibility index (Phi) is 5.12. The number of carbonyl (C=O) groups is 1. The van der Waals surface area contributed by atoms with Gasteiger partial charge in [-0.15, -0.1) is 11.3 Å². The fraction of sp³-hybridized carbons (Fsp3) is 0.389. The van der Waals surface area contributed by atoms with Crippen LogP contribution in [-0.2, 0) is 11.3 Å². The summed E-state index contributed by atoms with van der Waals surface area (Å²) in [5.41, 5.74) is 0. The van der Waals surface area contributed by atoms with Crippen molar-refractivity contribution in [3.63, 3.8) is 0 Å². The maximum atomic E-state index is 12.3. The van der Waals surface area contributed by atoms with E-state index in [1.165, 1.54) is 0 Å². The van der Waals surface area contributed by atoms with Gasteiger partial charge in [0.1, 0.15) is 5.76 Å². The number of hydrogen-bond donors (Lipinski definition) is 1. The molecule has 8 heteroatoms. The molecule has 0 aromatic carbocycles. The molecule has 7 nitrogen and oxygen atoms in total. The molecule has 0 saturated carbocycles. The Morgan fingerprint density at radius 2 is 2.31 bits per heavy atom. The molecule has 3 aromatic rings. The lowest BCUT2D eigenvalue weighted by Gasteiger charge is -2.32. The molecule has 1 amide bonds. The number of rotatable bonds is 6. The van der Waals surface area contributed by atoms with E-state index in [2.05, 4.69) is 20.4 Å². The van der Waals surface area contributed by atoms with Crippen LogP contribution in [0.4, 0.5) is 0 Å². The van der Waals surface area contributed by atoms with Gasteiger partial charge in [-0.05, 0) is 43.0 Å². The lowest BCUT2D eigenvalue weighted by atomic mass is 10.0. The molecule has 1 fully saturated rings. The largest absolute Gasteiger partial charge is 0.467 e. The van der Waals surface area contributed by atoms with Crippen LogP contribution in [-0.4, -0.2) is 34.0 Å².